The Bertz CT molecular complexity index is 539. The maximum Gasteiger partial charge on any atom is 0.308 e. The first-order valence-corrected chi connectivity index (χ1v) is 7.34. The number of hydrogen-bond acceptors (Lipinski definition) is 3. The molecule has 0 fully saturated rings. The summed E-state index contributed by atoms with van der Waals surface area (Å²) in [7, 11) is -3.50. The Morgan fingerprint density at radius 2 is 1.94 bits per heavy atom. The molecule has 0 aliphatic heterocycles. The molecule has 0 aromatic heterocycles. The Morgan fingerprint density at radius 3 is 2.39 bits per heavy atom. The van der Waals surface area contributed by atoms with E-state index in [1.54, 1.807) is 31.2 Å². The van der Waals surface area contributed by atoms with E-state index in [9.17, 15) is 13.2 Å². The lowest BCUT2D eigenvalue weighted by atomic mass is 10.1. The van der Waals surface area contributed by atoms with Crippen LogP contribution >= 0.6 is 0 Å². The quantitative estimate of drug-likeness (QED) is 0.880. The minimum Gasteiger partial charge on any atom is -0.481 e. The monoisotopic (exact) mass is 271 g/mol. The number of aryl methyl sites for hydroxylation is 1. The average Bonchev–Trinajstić information content (AvgIpc) is 2.25. The molecular formula is C12H17NO4S. The summed E-state index contributed by atoms with van der Waals surface area (Å²) in [6.45, 7) is 3.21. The van der Waals surface area contributed by atoms with Crippen molar-refractivity contribution in [3.8, 4) is 0 Å². The van der Waals surface area contributed by atoms with Crippen molar-refractivity contribution in [2.45, 2.75) is 13.8 Å². The van der Waals surface area contributed by atoms with Crippen molar-refractivity contribution in [3.05, 3.63) is 29.8 Å². The van der Waals surface area contributed by atoms with Gasteiger partial charge in [0.25, 0.3) is 0 Å². The molecule has 0 saturated carbocycles. The third kappa shape index (κ3) is 3.46. The second-order valence-corrected chi connectivity index (χ2v) is 6.23. The van der Waals surface area contributed by atoms with Crippen molar-refractivity contribution in [3.63, 3.8) is 0 Å². The predicted octanol–water partition coefficient (Wildman–Crippen LogP) is 1.48. The molecule has 5 nitrogen and oxygen atoms in total. The summed E-state index contributed by atoms with van der Waals surface area (Å²) in [4.78, 5) is 10.9. The van der Waals surface area contributed by atoms with Gasteiger partial charge in [0.05, 0.1) is 17.9 Å². The Hall–Kier alpha value is -1.56. The van der Waals surface area contributed by atoms with E-state index in [4.69, 9.17) is 5.11 Å². The Kier molecular flexibility index (Phi) is 4.34. The normalized spacial score (nSPS) is 13.1. The zero-order valence-electron chi connectivity index (χ0n) is 10.6. The second-order valence-electron chi connectivity index (χ2n) is 4.32. The number of carbonyl (C=O) groups is 1. The van der Waals surface area contributed by atoms with Crippen LogP contribution in [0.15, 0.2) is 24.3 Å². The molecule has 1 atom stereocenters. The molecule has 0 heterocycles. The van der Waals surface area contributed by atoms with Crippen LogP contribution in [0.3, 0.4) is 0 Å². The highest BCUT2D eigenvalue weighted by Crippen LogP contribution is 2.23. The first-order chi connectivity index (χ1) is 8.23. The molecule has 100 valence electrons. The zero-order chi connectivity index (χ0) is 13.9. The van der Waals surface area contributed by atoms with Crippen LogP contribution in [0.2, 0.25) is 0 Å². The molecule has 1 unspecified atom stereocenters. The number of sulfonamides is 1. The van der Waals surface area contributed by atoms with Gasteiger partial charge in [0.2, 0.25) is 10.0 Å². The van der Waals surface area contributed by atoms with Gasteiger partial charge in [-0.3, -0.25) is 9.10 Å². The number of hydrogen-bond donors (Lipinski definition) is 1. The Balaban J connectivity index is 3.16. The summed E-state index contributed by atoms with van der Waals surface area (Å²) < 4.78 is 24.7. The third-order valence-electron chi connectivity index (χ3n) is 2.65. The first-order valence-electron chi connectivity index (χ1n) is 5.49. The fourth-order valence-electron chi connectivity index (χ4n) is 1.58. The number of carboxylic acids is 1. The minimum absolute atomic E-state index is 0.0704. The van der Waals surface area contributed by atoms with Crippen LogP contribution in [0.1, 0.15) is 12.5 Å². The number of para-hydroxylation sites is 1. The van der Waals surface area contributed by atoms with E-state index in [2.05, 4.69) is 0 Å². The molecule has 0 amide bonds. The van der Waals surface area contributed by atoms with Crippen molar-refractivity contribution in [2.24, 2.45) is 5.92 Å². The van der Waals surface area contributed by atoms with E-state index in [0.717, 1.165) is 16.1 Å². The van der Waals surface area contributed by atoms with Crippen molar-refractivity contribution < 1.29 is 18.3 Å². The average molecular weight is 271 g/mol. The van der Waals surface area contributed by atoms with Gasteiger partial charge in [-0.1, -0.05) is 25.1 Å². The standard InChI is InChI=1S/C12H17NO4S/c1-9-6-4-5-7-11(9)13(18(3,16)17)8-10(2)12(14)15/h4-7,10H,8H2,1-3H3,(H,14,15). The molecule has 0 saturated heterocycles. The Morgan fingerprint density at radius 1 is 1.39 bits per heavy atom. The van der Waals surface area contributed by atoms with Crippen molar-refractivity contribution in [1.82, 2.24) is 0 Å². The fraction of sp³-hybridized carbons (Fsp3) is 0.417. The smallest absolute Gasteiger partial charge is 0.308 e. The number of aliphatic carboxylic acids is 1. The summed E-state index contributed by atoms with van der Waals surface area (Å²) in [6, 6.07) is 7.00. The van der Waals surface area contributed by atoms with Gasteiger partial charge in [0.1, 0.15) is 0 Å². The lowest BCUT2D eigenvalue weighted by molar-refractivity contribution is -0.140. The molecule has 6 heteroatoms. The van der Waals surface area contributed by atoms with Gasteiger partial charge in [-0.25, -0.2) is 8.42 Å². The van der Waals surface area contributed by atoms with E-state index >= 15 is 0 Å². The summed E-state index contributed by atoms with van der Waals surface area (Å²) >= 11 is 0. The van der Waals surface area contributed by atoms with Crippen LogP contribution in [0.4, 0.5) is 5.69 Å². The molecule has 0 aliphatic rings. The molecule has 0 aliphatic carbocycles. The SMILES string of the molecule is Cc1ccccc1N(CC(C)C(=O)O)S(C)(=O)=O. The van der Waals surface area contributed by atoms with E-state index < -0.39 is 21.9 Å². The Labute approximate surface area is 107 Å². The number of carboxylic acid groups (broad SMARTS) is 1. The number of anilines is 1. The molecule has 1 rings (SSSR count). The van der Waals surface area contributed by atoms with E-state index in [0.29, 0.717) is 5.69 Å². The second kappa shape index (κ2) is 5.39. The number of rotatable bonds is 5. The van der Waals surface area contributed by atoms with Gasteiger partial charge < -0.3 is 5.11 Å². The van der Waals surface area contributed by atoms with E-state index in [1.807, 2.05) is 0 Å². The van der Waals surface area contributed by atoms with Gasteiger partial charge in [0, 0.05) is 6.54 Å². The maximum absolute atomic E-state index is 11.8. The predicted molar refractivity (Wildman–Crippen MR) is 70.2 cm³/mol. The number of nitrogens with zero attached hydrogens (tertiary/aromatic N) is 1. The minimum atomic E-state index is -3.50. The molecule has 0 bridgehead atoms. The summed E-state index contributed by atoms with van der Waals surface area (Å²) in [6.07, 6.45) is 1.08. The first kappa shape index (κ1) is 14.5. The molecule has 0 radical (unpaired) electrons. The van der Waals surface area contributed by atoms with E-state index in [-0.39, 0.29) is 6.54 Å². The summed E-state index contributed by atoms with van der Waals surface area (Å²) in [5.74, 6) is -1.78. The fourth-order valence-corrected chi connectivity index (χ4v) is 2.64. The molecule has 1 N–H and O–H groups in total. The summed E-state index contributed by atoms with van der Waals surface area (Å²) in [5, 5.41) is 8.89. The highest BCUT2D eigenvalue weighted by Gasteiger charge is 2.24. The molecule has 0 spiro atoms. The van der Waals surface area contributed by atoms with Crippen LogP contribution in [0.5, 0.6) is 0 Å². The van der Waals surface area contributed by atoms with Gasteiger partial charge >= 0.3 is 5.97 Å². The van der Waals surface area contributed by atoms with Crippen LogP contribution in [0.25, 0.3) is 0 Å². The lowest BCUT2D eigenvalue weighted by Gasteiger charge is -2.25. The van der Waals surface area contributed by atoms with Crippen LogP contribution < -0.4 is 4.31 Å². The van der Waals surface area contributed by atoms with Crippen LogP contribution in [-0.4, -0.2) is 32.3 Å². The van der Waals surface area contributed by atoms with Crippen LogP contribution in [0, 0.1) is 12.8 Å². The van der Waals surface area contributed by atoms with Crippen molar-refractivity contribution in [2.75, 3.05) is 17.1 Å². The maximum atomic E-state index is 11.8. The third-order valence-corrected chi connectivity index (χ3v) is 3.79. The topological polar surface area (TPSA) is 74.7 Å². The molecule has 18 heavy (non-hydrogen) atoms. The lowest BCUT2D eigenvalue weighted by Crippen LogP contribution is -2.36. The molecule has 1 aromatic rings. The van der Waals surface area contributed by atoms with Crippen LogP contribution in [-0.2, 0) is 14.8 Å². The van der Waals surface area contributed by atoms with Gasteiger partial charge in [-0.2, -0.15) is 0 Å². The highest BCUT2D eigenvalue weighted by atomic mass is 32.2. The largest absolute Gasteiger partial charge is 0.481 e. The highest BCUT2D eigenvalue weighted by molar-refractivity contribution is 7.92. The molecular weight excluding hydrogens is 254 g/mol. The number of benzene rings is 1. The van der Waals surface area contributed by atoms with Crippen molar-refractivity contribution >= 4 is 21.7 Å². The van der Waals surface area contributed by atoms with Gasteiger partial charge in [-0.15, -0.1) is 0 Å². The zero-order valence-corrected chi connectivity index (χ0v) is 11.4. The van der Waals surface area contributed by atoms with Gasteiger partial charge in [-0.05, 0) is 18.6 Å². The van der Waals surface area contributed by atoms with E-state index in [1.165, 1.54) is 6.92 Å². The van der Waals surface area contributed by atoms with Gasteiger partial charge in [0.15, 0.2) is 0 Å². The molecule has 1 aromatic carbocycles. The summed E-state index contributed by atoms with van der Waals surface area (Å²) in [5.41, 5.74) is 1.31. The van der Waals surface area contributed by atoms with Crippen molar-refractivity contribution in [1.29, 1.82) is 0 Å².